The predicted octanol–water partition coefficient (Wildman–Crippen LogP) is 5.86. The molecule has 0 radical (unpaired) electrons. The Morgan fingerprint density at radius 1 is 1.00 bits per heavy atom. The predicted molar refractivity (Wildman–Crippen MR) is 158 cm³/mol. The van der Waals surface area contributed by atoms with Gasteiger partial charge in [0.05, 0.1) is 15.6 Å². The van der Waals surface area contributed by atoms with Gasteiger partial charge in [-0.15, -0.1) is 11.3 Å². The van der Waals surface area contributed by atoms with Crippen LogP contribution in [0.1, 0.15) is 36.3 Å². The number of thiazole rings is 1. The van der Waals surface area contributed by atoms with Gasteiger partial charge in [-0.05, 0) is 82.6 Å². The number of benzene rings is 1. The normalized spacial score (nSPS) is 14.6. The van der Waals surface area contributed by atoms with Crippen molar-refractivity contribution < 1.29 is 0 Å². The molecule has 1 saturated heterocycles. The molecule has 1 fully saturated rings. The van der Waals surface area contributed by atoms with Crippen molar-refractivity contribution in [1.82, 2.24) is 29.4 Å². The Balaban J connectivity index is 1.26. The van der Waals surface area contributed by atoms with Crippen molar-refractivity contribution in [2.24, 2.45) is 0 Å². The summed E-state index contributed by atoms with van der Waals surface area (Å²) in [6.45, 7) is 6.71. The molecule has 0 bridgehead atoms. The minimum Gasteiger partial charge on any atom is -0.324 e. The number of hydrogen-bond donors (Lipinski definition) is 1. The molecule has 0 atom stereocenters. The van der Waals surface area contributed by atoms with Crippen LogP contribution in [0.2, 0.25) is 0 Å². The molecule has 0 spiro atoms. The first-order chi connectivity index (χ1) is 19.0. The Labute approximate surface area is 231 Å². The second-order valence-corrected chi connectivity index (χ2v) is 11.3. The van der Waals surface area contributed by atoms with Gasteiger partial charge >= 0.3 is 0 Å². The number of pyridine rings is 2. The monoisotopic (exact) mass is 537 g/mol. The minimum atomic E-state index is -0.0969. The molecule has 0 unspecified atom stereocenters. The quantitative estimate of drug-likeness (QED) is 0.290. The molecule has 9 heteroatoms. The Bertz CT molecular complexity index is 1670. The van der Waals surface area contributed by atoms with E-state index in [1.165, 1.54) is 18.4 Å². The van der Waals surface area contributed by atoms with Gasteiger partial charge in [0.25, 0.3) is 5.56 Å². The average molecular weight is 538 g/mol. The Hall–Kier alpha value is -3.95. The highest BCUT2D eigenvalue weighted by atomic mass is 32.1. The summed E-state index contributed by atoms with van der Waals surface area (Å²) in [4.78, 5) is 35.1. The number of nitrogens with one attached hydrogen (secondary N) is 1. The van der Waals surface area contributed by atoms with Gasteiger partial charge in [-0.2, -0.15) is 4.98 Å². The summed E-state index contributed by atoms with van der Waals surface area (Å²) >= 11 is 1.60. The summed E-state index contributed by atoms with van der Waals surface area (Å²) in [5, 5.41) is 5.11. The fourth-order valence-electron chi connectivity index (χ4n) is 5.21. The molecule has 0 amide bonds. The highest BCUT2D eigenvalue weighted by Crippen LogP contribution is 2.29. The lowest BCUT2D eigenvalue weighted by atomic mass is 9.89. The zero-order chi connectivity index (χ0) is 26.9. The number of aryl methyl sites for hydroxylation is 2. The van der Waals surface area contributed by atoms with E-state index in [-0.39, 0.29) is 5.56 Å². The van der Waals surface area contributed by atoms with E-state index in [0.29, 0.717) is 29.6 Å². The maximum Gasteiger partial charge on any atom is 0.260 e. The zero-order valence-electron chi connectivity index (χ0n) is 22.4. The van der Waals surface area contributed by atoms with Crippen LogP contribution in [0.3, 0.4) is 0 Å². The van der Waals surface area contributed by atoms with E-state index in [0.717, 1.165) is 45.3 Å². The van der Waals surface area contributed by atoms with E-state index in [4.69, 9.17) is 4.98 Å². The van der Waals surface area contributed by atoms with Gasteiger partial charge in [0, 0.05) is 47.3 Å². The van der Waals surface area contributed by atoms with E-state index >= 15 is 0 Å². The second-order valence-electron chi connectivity index (χ2n) is 10.1. The molecular weight excluding hydrogens is 506 g/mol. The molecule has 8 nitrogen and oxygen atoms in total. The molecule has 39 heavy (non-hydrogen) atoms. The van der Waals surface area contributed by atoms with Crippen LogP contribution in [0.4, 0.5) is 11.6 Å². The van der Waals surface area contributed by atoms with Gasteiger partial charge in [0.2, 0.25) is 5.95 Å². The van der Waals surface area contributed by atoms with E-state index in [2.05, 4.69) is 56.5 Å². The van der Waals surface area contributed by atoms with E-state index in [1.807, 2.05) is 38.2 Å². The molecule has 1 aliphatic heterocycles. The van der Waals surface area contributed by atoms with Crippen molar-refractivity contribution in [3.63, 3.8) is 0 Å². The van der Waals surface area contributed by atoms with Crippen molar-refractivity contribution in [1.29, 1.82) is 0 Å². The van der Waals surface area contributed by atoms with Gasteiger partial charge in [-0.1, -0.05) is 18.2 Å². The summed E-state index contributed by atoms with van der Waals surface area (Å²) in [5.74, 6) is 1.08. The molecule has 1 aromatic carbocycles. The molecule has 1 aliphatic rings. The van der Waals surface area contributed by atoms with Crippen LogP contribution in [0, 0.1) is 6.92 Å². The number of aromatic nitrogens is 5. The first-order valence-corrected chi connectivity index (χ1v) is 14.2. The number of rotatable bonds is 6. The fourth-order valence-corrected chi connectivity index (χ4v) is 5.96. The van der Waals surface area contributed by atoms with E-state index < -0.39 is 0 Å². The molecule has 0 saturated carbocycles. The Kier molecular flexibility index (Phi) is 6.93. The first-order valence-electron chi connectivity index (χ1n) is 13.3. The van der Waals surface area contributed by atoms with Crippen LogP contribution >= 0.6 is 11.3 Å². The Morgan fingerprint density at radius 3 is 2.46 bits per heavy atom. The molecule has 5 aromatic rings. The van der Waals surface area contributed by atoms with Crippen molar-refractivity contribution in [2.45, 2.75) is 39.2 Å². The molecule has 5 heterocycles. The number of piperidine rings is 1. The summed E-state index contributed by atoms with van der Waals surface area (Å²) in [6, 6.07) is 14.3. The fraction of sp³-hybridized carbons (Fsp3) is 0.300. The van der Waals surface area contributed by atoms with Crippen LogP contribution in [0.25, 0.3) is 32.7 Å². The van der Waals surface area contributed by atoms with Crippen LogP contribution < -0.4 is 10.9 Å². The van der Waals surface area contributed by atoms with Crippen molar-refractivity contribution >= 4 is 34.0 Å². The molecule has 198 valence electrons. The number of hydrogen-bond acceptors (Lipinski definition) is 8. The summed E-state index contributed by atoms with van der Waals surface area (Å²) < 4.78 is 1.70. The van der Waals surface area contributed by atoms with Crippen LogP contribution in [0.15, 0.2) is 65.8 Å². The molecule has 0 aliphatic carbocycles. The lowest BCUT2D eigenvalue weighted by Crippen LogP contribution is -2.29. The van der Waals surface area contributed by atoms with Crippen molar-refractivity contribution in [2.75, 3.05) is 25.5 Å². The summed E-state index contributed by atoms with van der Waals surface area (Å²) in [6.07, 6.45) is 7.74. The number of nitrogens with zero attached hydrogens (tertiary/aromatic N) is 6. The van der Waals surface area contributed by atoms with Crippen LogP contribution in [-0.4, -0.2) is 49.5 Å². The van der Waals surface area contributed by atoms with Gasteiger partial charge < -0.3 is 10.2 Å². The molecule has 4 aromatic heterocycles. The van der Waals surface area contributed by atoms with Gasteiger partial charge in [0.15, 0.2) is 0 Å². The second kappa shape index (κ2) is 10.7. The highest BCUT2D eigenvalue weighted by molar-refractivity contribution is 7.15. The van der Waals surface area contributed by atoms with Crippen LogP contribution in [0.5, 0.6) is 0 Å². The maximum atomic E-state index is 13.5. The van der Waals surface area contributed by atoms with E-state index in [9.17, 15) is 4.79 Å². The van der Waals surface area contributed by atoms with Crippen LogP contribution in [-0.2, 0) is 6.54 Å². The average Bonchev–Trinajstić information content (AvgIpc) is 3.40. The maximum absolute atomic E-state index is 13.5. The number of anilines is 2. The lowest BCUT2D eigenvalue weighted by molar-refractivity contribution is 0.255. The summed E-state index contributed by atoms with van der Waals surface area (Å²) in [7, 11) is 2.19. The van der Waals surface area contributed by atoms with Gasteiger partial charge in [-0.3, -0.25) is 14.3 Å². The van der Waals surface area contributed by atoms with Crippen molar-refractivity contribution in [3.8, 4) is 21.7 Å². The Morgan fingerprint density at radius 2 is 1.79 bits per heavy atom. The first kappa shape index (κ1) is 25.3. The third-order valence-corrected chi connectivity index (χ3v) is 8.38. The number of fused-ring (bicyclic) bond motifs is 1. The smallest absolute Gasteiger partial charge is 0.260 e. The highest BCUT2D eigenvalue weighted by Gasteiger charge is 2.18. The molecule has 1 N–H and O–H groups in total. The third-order valence-electron chi connectivity index (χ3n) is 7.45. The number of likely N-dealkylation sites (tertiary alicyclic amines) is 1. The SMILES string of the molecule is CCn1c(=O)c(-c2ccc(-c3cnc(C)s3)nc2)cc2cnc(Nc3ccc(C4CCN(C)CC4)cc3)nc21. The van der Waals surface area contributed by atoms with Gasteiger partial charge in [-0.25, -0.2) is 9.97 Å². The summed E-state index contributed by atoms with van der Waals surface area (Å²) in [5.41, 5.74) is 5.01. The third kappa shape index (κ3) is 5.20. The lowest BCUT2D eigenvalue weighted by Gasteiger charge is -2.29. The largest absolute Gasteiger partial charge is 0.324 e. The van der Waals surface area contributed by atoms with Crippen molar-refractivity contribution in [3.05, 3.63) is 82.0 Å². The zero-order valence-corrected chi connectivity index (χ0v) is 23.2. The van der Waals surface area contributed by atoms with Gasteiger partial charge in [0.1, 0.15) is 5.65 Å². The standard InChI is InChI=1S/C30H31N7OS/c1-4-37-28-23(15-25(29(37)38)22-7-10-26(32-16-22)27-18-31-19(2)39-27)17-33-30(35-28)34-24-8-5-20(6-9-24)21-11-13-36(3)14-12-21/h5-10,15-18,21H,4,11-14H2,1-3H3,(H,33,34,35). The topological polar surface area (TPSA) is 88.8 Å². The van der Waals surface area contributed by atoms with E-state index in [1.54, 1.807) is 28.3 Å². The molecular formula is C30H31N7OS. The molecule has 6 rings (SSSR count). The minimum absolute atomic E-state index is 0.0969.